The standard InChI is InChI=1S/C19H27ClFN3O2/c1-3-4-9-22-19(26)14-7-10-24(11-8-14)13(2)18(25)23-15-5-6-17(21)16(20)12-15/h5-6,12-14H,3-4,7-11H2,1-2H3,(H,22,26)(H,23,25). The summed E-state index contributed by atoms with van der Waals surface area (Å²) in [5.74, 6) is -0.541. The van der Waals surface area contributed by atoms with Crippen LogP contribution in [-0.2, 0) is 9.59 Å². The van der Waals surface area contributed by atoms with Crippen LogP contribution in [-0.4, -0.2) is 42.4 Å². The molecule has 1 saturated heterocycles. The van der Waals surface area contributed by atoms with Gasteiger partial charge in [0.1, 0.15) is 5.82 Å². The van der Waals surface area contributed by atoms with Gasteiger partial charge in [0, 0.05) is 18.2 Å². The molecule has 0 aromatic heterocycles. The van der Waals surface area contributed by atoms with E-state index in [1.54, 1.807) is 0 Å². The van der Waals surface area contributed by atoms with E-state index < -0.39 is 5.82 Å². The van der Waals surface area contributed by atoms with Gasteiger partial charge in [-0.3, -0.25) is 14.5 Å². The zero-order valence-electron chi connectivity index (χ0n) is 15.4. The molecule has 2 rings (SSSR count). The maximum Gasteiger partial charge on any atom is 0.241 e. The Morgan fingerprint density at radius 3 is 2.65 bits per heavy atom. The van der Waals surface area contributed by atoms with Crippen molar-refractivity contribution in [3.63, 3.8) is 0 Å². The number of anilines is 1. The number of nitrogens with zero attached hydrogens (tertiary/aromatic N) is 1. The van der Waals surface area contributed by atoms with Crippen LogP contribution in [0.3, 0.4) is 0 Å². The largest absolute Gasteiger partial charge is 0.356 e. The molecular weight excluding hydrogens is 357 g/mol. The Kier molecular flexibility index (Phi) is 7.85. The van der Waals surface area contributed by atoms with Crippen LogP contribution in [0.15, 0.2) is 18.2 Å². The molecule has 144 valence electrons. The van der Waals surface area contributed by atoms with E-state index in [2.05, 4.69) is 22.5 Å². The first-order valence-electron chi connectivity index (χ1n) is 9.20. The Morgan fingerprint density at radius 1 is 1.35 bits per heavy atom. The highest BCUT2D eigenvalue weighted by molar-refractivity contribution is 6.31. The molecule has 2 N–H and O–H groups in total. The van der Waals surface area contributed by atoms with Gasteiger partial charge in [-0.15, -0.1) is 0 Å². The molecule has 1 unspecified atom stereocenters. The topological polar surface area (TPSA) is 61.4 Å². The third kappa shape index (κ3) is 5.68. The van der Waals surface area contributed by atoms with Gasteiger partial charge in [-0.25, -0.2) is 4.39 Å². The summed E-state index contributed by atoms with van der Waals surface area (Å²) in [6.45, 7) is 6.06. The molecule has 1 heterocycles. The highest BCUT2D eigenvalue weighted by Crippen LogP contribution is 2.22. The molecule has 0 aliphatic carbocycles. The van der Waals surface area contributed by atoms with Crippen molar-refractivity contribution in [3.05, 3.63) is 29.0 Å². The number of hydrogen-bond acceptors (Lipinski definition) is 3. The molecule has 7 heteroatoms. The third-order valence-electron chi connectivity index (χ3n) is 4.84. The van der Waals surface area contributed by atoms with E-state index in [9.17, 15) is 14.0 Å². The first kappa shape index (κ1) is 20.6. The summed E-state index contributed by atoms with van der Waals surface area (Å²) in [5.41, 5.74) is 0.471. The minimum atomic E-state index is -0.517. The molecule has 1 aliphatic heterocycles. The van der Waals surface area contributed by atoms with Crippen molar-refractivity contribution in [1.29, 1.82) is 0 Å². The lowest BCUT2D eigenvalue weighted by Crippen LogP contribution is -2.48. The van der Waals surface area contributed by atoms with Gasteiger partial charge >= 0.3 is 0 Å². The smallest absolute Gasteiger partial charge is 0.241 e. The average molecular weight is 384 g/mol. The Balaban J connectivity index is 1.81. The minimum Gasteiger partial charge on any atom is -0.356 e. The van der Waals surface area contributed by atoms with Crippen LogP contribution in [0.1, 0.15) is 39.5 Å². The van der Waals surface area contributed by atoms with Gasteiger partial charge in [0.2, 0.25) is 11.8 Å². The van der Waals surface area contributed by atoms with Crippen molar-refractivity contribution < 1.29 is 14.0 Å². The van der Waals surface area contributed by atoms with Crippen LogP contribution in [0.25, 0.3) is 0 Å². The molecule has 5 nitrogen and oxygen atoms in total. The van der Waals surface area contributed by atoms with E-state index in [1.807, 2.05) is 6.92 Å². The van der Waals surface area contributed by atoms with Gasteiger partial charge in [-0.2, -0.15) is 0 Å². The van der Waals surface area contributed by atoms with E-state index in [0.29, 0.717) is 18.8 Å². The number of carbonyl (C=O) groups excluding carboxylic acids is 2. The minimum absolute atomic E-state index is 0.0225. The summed E-state index contributed by atoms with van der Waals surface area (Å²) in [6, 6.07) is 3.78. The number of hydrogen-bond donors (Lipinski definition) is 2. The lowest BCUT2D eigenvalue weighted by atomic mass is 9.95. The van der Waals surface area contributed by atoms with Crippen molar-refractivity contribution in [3.8, 4) is 0 Å². The first-order chi connectivity index (χ1) is 12.4. The molecular formula is C19H27ClFN3O2. The summed E-state index contributed by atoms with van der Waals surface area (Å²) >= 11 is 5.74. The molecule has 1 atom stereocenters. The van der Waals surface area contributed by atoms with E-state index >= 15 is 0 Å². The number of unbranched alkanes of at least 4 members (excludes halogenated alkanes) is 1. The molecule has 0 saturated carbocycles. The van der Waals surface area contributed by atoms with E-state index in [1.165, 1.54) is 18.2 Å². The lowest BCUT2D eigenvalue weighted by Gasteiger charge is -2.34. The Morgan fingerprint density at radius 2 is 2.04 bits per heavy atom. The second kappa shape index (κ2) is 9.88. The van der Waals surface area contributed by atoms with Gasteiger partial charge in [0.15, 0.2) is 0 Å². The SMILES string of the molecule is CCCCNC(=O)C1CCN(C(C)C(=O)Nc2ccc(F)c(Cl)c2)CC1. The summed E-state index contributed by atoms with van der Waals surface area (Å²) in [4.78, 5) is 26.6. The van der Waals surface area contributed by atoms with Crippen LogP contribution in [0, 0.1) is 11.7 Å². The quantitative estimate of drug-likeness (QED) is 0.709. The van der Waals surface area contributed by atoms with E-state index in [-0.39, 0.29) is 28.8 Å². The monoisotopic (exact) mass is 383 g/mol. The van der Waals surface area contributed by atoms with Crippen molar-refractivity contribution in [2.24, 2.45) is 5.92 Å². The molecule has 0 bridgehead atoms. The van der Waals surface area contributed by atoms with Gasteiger partial charge in [-0.05, 0) is 57.5 Å². The van der Waals surface area contributed by atoms with E-state index in [4.69, 9.17) is 11.6 Å². The van der Waals surface area contributed by atoms with Crippen LogP contribution < -0.4 is 10.6 Å². The van der Waals surface area contributed by atoms with Gasteiger partial charge in [0.25, 0.3) is 0 Å². The van der Waals surface area contributed by atoms with Crippen LogP contribution in [0.2, 0.25) is 5.02 Å². The highest BCUT2D eigenvalue weighted by atomic mass is 35.5. The maximum absolute atomic E-state index is 13.2. The summed E-state index contributed by atoms with van der Waals surface area (Å²) < 4.78 is 13.2. The zero-order chi connectivity index (χ0) is 19.1. The normalized spacial score (nSPS) is 16.9. The third-order valence-corrected chi connectivity index (χ3v) is 5.13. The van der Waals surface area contributed by atoms with Gasteiger partial charge in [0.05, 0.1) is 11.1 Å². The molecule has 1 aromatic carbocycles. The van der Waals surface area contributed by atoms with Crippen LogP contribution in [0.4, 0.5) is 10.1 Å². The number of likely N-dealkylation sites (tertiary alicyclic amines) is 1. The molecule has 26 heavy (non-hydrogen) atoms. The highest BCUT2D eigenvalue weighted by Gasteiger charge is 2.29. The fourth-order valence-electron chi connectivity index (χ4n) is 3.07. The summed E-state index contributed by atoms with van der Waals surface area (Å²) in [7, 11) is 0. The Hall–Kier alpha value is -1.66. The number of nitrogens with one attached hydrogen (secondary N) is 2. The van der Waals surface area contributed by atoms with Crippen molar-refractivity contribution in [2.75, 3.05) is 25.0 Å². The summed E-state index contributed by atoms with van der Waals surface area (Å²) in [5, 5.41) is 5.72. The van der Waals surface area contributed by atoms with Crippen molar-refractivity contribution in [2.45, 2.75) is 45.6 Å². The van der Waals surface area contributed by atoms with Crippen LogP contribution in [0.5, 0.6) is 0 Å². The predicted octanol–water partition coefficient (Wildman–Crippen LogP) is 3.43. The van der Waals surface area contributed by atoms with Gasteiger partial charge in [-0.1, -0.05) is 24.9 Å². The second-order valence-corrected chi connectivity index (χ2v) is 7.16. The number of benzene rings is 1. The number of amides is 2. The van der Waals surface area contributed by atoms with E-state index in [0.717, 1.165) is 32.2 Å². The Labute approximate surface area is 159 Å². The number of piperidine rings is 1. The molecule has 1 fully saturated rings. The van der Waals surface area contributed by atoms with Crippen LogP contribution >= 0.6 is 11.6 Å². The predicted molar refractivity (Wildman–Crippen MR) is 102 cm³/mol. The number of halogens is 2. The lowest BCUT2D eigenvalue weighted by molar-refractivity contribution is -0.127. The van der Waals surface area contributed by atoms with Gasteiger partial charge < -0.3 is 10.6 Å². The molecule has 2 amide bonds. The zero-order valence-corrected chi connectivity index (χ0v) is 16.1. The van der Waals surface area contributed by atoms with Crippen molar-refractivity contribution >= 4 is 29.1 Å². The fourth-order valence-corrected chi connectivity index (χ4v) is 3.25. The molecule has 0 spiro atoms. The first-order valence-corrected chi connectivity index (χ1v) is 9.57. The Bertz CT molecular complexity index is 633. The number of carbonyl (C=O) groups is 2. The molecule has 1 aromatic rings. The van der Waals surface area contributed by atoms with Crippen molar-refractivity contribution in [1.82, 2.24) is 10.2 Å². The molecule has 1 aliphatic rings. The fraction of sp³-hybridized carbons (Fsp3) is 0.579. The average Bonchev–Trinajstić information content (AvgIpc) is 2.64. The second-order valence-electron chi connectivity index (χ2n) is 6.75. The number of rotatable bonds is 7. The summed E-state index contributed by atoms with van der Waals surface area (Å²) in [6.07, 6.45) is 3.55. The molecule has 0 radical (unpaired) electrons. The maximum atomic E-state index is 13.2.